The lowest BCUT2D eigenvalue weighted by molar-refractivity contribution is -0.141. The van der Waals surface area contributed by atoms with E-state index in [4.69, 9.17) is 5.26 Å². The molecule has 5 nitrogen and oxygen atoms in total. The lowest BCUT2D eigenvalue weighted by Crippen LogP contribution is -2.35. The molecular formula is C18H18F3N5. The van der Waals surface area contributed by atoms with Crippen molar-refractivity contribution in [3.63, 3.8) is 0 Å². The summed E-state index contributed by atoms with van der Waals surface area (Å²) in [5, 5.41) is 8.84. The number of likely N-dealkylation sites (N-methyl/N-ethyl adjacent to an activating group) is 1. The Morgan fingerprint density at radius 2 is 2.00 bits per heavy atom. The average Bonchev–Trinajstić information content (AvgIpc) is 3.09. The monoisotopic (exact) mass is 361 g/mol. The molecule has 0 N–H and O–H groups in total. The summed E-state index contributed by atoms with van der Waals surface area (Å²) >= 11 is 0. The molecule has 1 aliphatic heterocycles. The highest BCUT2D eigenvalue weighted by molar-refractivity contribution is 5.40. The zero-order chi connectivity index (χ0) is 18.7. The Hall–Kier alpha value is -2.66. The van der Waals surface area contributed by atoms with E-state index in [2.05, 4.69) is 20.9 Å². The van der Waals surface area contributed by atoms with Crippen molar-refractivity contribution in [2.75, 3.05) is 25.0 Å². The number of hydrogen-bond donors (Lipinski definition) is 0. The van der Waals surface area contributed by atoms with Crippen LogP contribution < -0.4 is 4.90 Å². The third kappa shape index (κ3) is 4.11. The zero-order valence-corrected chi connectivity index (χ0v) is 14.2. The number of alkyl halides is 3. The summed E-state index contributed by atoms with van der Waals surface area (Å²) in [6, 6.07) is 10.6. The molecule has 1 unspecified atom stereocenters. The second-order valence-electron chi connectivity index (χ2n) is 6.36. The van der Waals surface area contributed by atoms with Gasteiger partial charge in [-0.25, -0.2) is 9.97 Å². The first-order valence-electron chi connectivity index (χ1n) is 8.20. The predicted molar refractivity (Wildman–Crippen MR) is 90.3 cm³/mol. The first-order chi connectivity index (χ1) is 12.4. The van der Waals surface area contributed by atoms with E-state index in [1.807, 2.05) is 12.1 Å². The molecule has 1 aliphatic rings. The van der Waals surface area contributed by atoms with Gasteiger partial charge in [0.15, 0.2) is 0 Å². The molecule has 0 spiro atoms. The van der Waals surface area contributed by atoms with Crippen molar-refractivity contribution in [3.8, 4) is 6.07 Å². The van der Waals surface area contributed by atoms with Crippen molar-refractivity contribution in [2.45, 2.75) is 25.2 Å². The van der Waals surface area contributed by atoms with Gasteiger partial charge in [0.2, 0.25) is 0 Å². The summed E-state index contributed by atoms with van der Waals surface area (Å²) in [7, 11) is 1.76. The number of likely N-dealkylation sites (tertiary alicyclic amines) is 1. The number of rotatable bonds is 4. The lowest BCUT2D eigenvalue weighted by Gasteiger charge is -2.26. The van der Waals surface area contributed by atoms with Crippen molar-refractivity contribution < 1.29 is 13.2 Å². The van der Waals surface area contributed by atoms with E-state index in [0.717, 1.165) is 44.0 Å². The van der Waals surface area contributed by atoms with E-state index >= 15 is 0 Å². The zero-order valence-electron chi connectivity index (χ0n) is 14.2. The van der Waals surface area contributed by atoms with Crippen LogP contribution in [0.5, 0.6) is 0 Å². The van der Waals surface area contributed by atoms with E-state index in [9.17, 15) is 13.2 Å². The molecule has 0 bridgehead atoms. The molecule has 2 aromatic rings. The normalized spacial score (nSPS) is 17.9. The van der Waals surface area contributed by atoms with Crippen LogP contribution in [0.1, 0.15) is 23.2 Å². The quantitative estimate of drug-likeness (QED) is 0.838. The topological polar surface area (TPSA) is 56.1 Å². The number of anilines is 1. The van der Waals surface area contributed by atoms with E-state index in [1.165, 1.54) is 0 Å². The molecule has 1 aromatic heterocycles. The molecular weight excluding hydrogens is 343 g/mol. The van der Waals surface area contributed by atoms with Crippen LogP contribution in [0, 0.1) is 11.3 Å². The first kappa shape index (κ1) is 18.1. The Morgan fingerprint density at radius 3 is 2.65 bits per heavy atom. The largest absolute Gasteiger partial charge is 0.433 e. The van der Waals surface area contributed by atoms with E-state index < -0.39 is 11.9 Å². The maximum atomic E-state index is 12.8. The van der Waals surface area contributed by atoms with Gasteiger partial charge in [-0.3, -0.25) is 4.90 Å². The number of nitriles is 1. The highest BCUT2D eigenvalue weighted by Gasteiger charge is 2.34. The van der Waals surface area contributed by atoms with Gasteiger partial charge < -0.3 is 4.90 Å². The molecule has 2 heterocycles. The molecule has 1 atom stereocenters. The Kier molecular flexibility index (Phi) is 5.09. The first-order valence-corrected chi connectivity index (χ1v) is 8.20. The van der Waals surface area contributed by atoms with Gasteiger partial charge in [0.05, 0.1) is 11.6 Å². The Balaban J connectivity index is 1.63. The summed E-state index contributed by atoms with van der Waals surface area (Å²) in [6.45, 7) is 2.34. The van der Waals surface area contributed by atoms with Crippen LogP contribution in [0.25, 0.3) is 0 Å². The molecule has 8 heteroatoms. The van der Waals surface area contributed by atoms with Crippen molar-refractivity contribution in [3.05, 3.63) is 53.5 Å². The van der Waals surface area contributed by atoms with Gasteiger partial charge in [-0.05, 0) is 24.1 Å². The van der Waals surface area contributed by atoms with Gasteiger partial charge in [0.1, 0.15) is 17.8 Å². The lowest BCUT2D eigenvalue weighted by atomic mass is 10.1. The van der Waals surface area contributed by atoms with Gasteiger partial charge in [0, 0.05) is 38.8 Å². The maximum Gasteiger partial charge on any atom is 0.433 e. The van der Waals surface area contributed by atoms with Crippen LogP contribution in [0.15, 0.2) is 36.7 Å². The third-order valence-corrected chi connectivity index (χ3v) is 4.59. The summed E-state index contributed by atoms with van der Waals surface area (Å²) < 4.78 is 38.5. The van der Waals surface area contributed by atoms with Crippen LogP contribution in [-0.2, 0) is 12.7 Å². The average molecular weight is 361 g/mol. The summed E-state index contributed by atoms with van der Waals surface area (Å²) in [5.74, 6) is 0.276. The minimum atomic E-state index is -4.48. The minimum absolute atomic E-state index is 0.0874. The smallest absolute Gasteiger partial charge is 0.355 e. The Bertz CT molecular complexity index is 798. The van der Waals surface area contributed by atoms with Gasteiger partial charge in [-0.15, -0.1) is 0 Å². The fourth-order valence-electron chi connectivity index (χ4n) is 3.10. The van der Waals surface area contributed by atoms with E-state index in [1.54, 1.807) is 24.1 Å². The number of hydrogen-bond acceptors (Lipinski definition) is 5. The number of aromatic nitrogens is 2. The summed E-state index contributed by atoms with van der Waals surface area (Å²) in [6.07, 6.45) is -2.67. The maximum absolute atomic E-state index is 12.8. The van der Waals surface area contributed by atoms with Crippen molar-refractivity contribution in [1.29, 1.82) is 5.26 Å². The van der Waals surface area contributed by atoms with Gasteiger partial charge in [-0.1, -0.05) is 12.1 Å². The molecule has 0 radical (unpaired) electrons. The number of benzene rings is 1. The van der Waals surface area contributed by atoms with Gasteiger partial charge >= 0.3 is 6.18 Å². The molecule has 136 valence electrons. The predicted octanol–water partition coefficient (Wildman–Crippen LogP) is 3.08. The molecule has 3 rings (SSSR count). The Labute approximate surface area is 149 Å². The van der Waals surface area contributed by atoms with Crippen molar-refractivity contribution >= 4 is 5.82 Å². The third-order valence-electron chi connectivity index (χ3n) is 4.59. The van der Waals surface area contributed by atoms with Crippen LogP contribution in [0.4, 0.5) is 19.0 Å². The van der Waals surface area contributed by atoms with E-state index in [0.29, 0.717) is 5.56 Å². The molecule has 26 heavy (non-hydrogen) atoms. The fourth-order valence-corrected chi connectivity index (χ4v) is 3.10. The van der Waals surface area contributed by atoms with Crippen molar-refractivity contribution in [2.24, 2.45) is 0 Å². The van der Waals surface area contributed by atoms with Crippen LogP contribution in [0.2, 0.25) is 0 Å². The summed E-state index contributed by atoms with van der Waals surface area (Å²) in [5.41, 5.74) is 0.799. The van der Waals surface area contributed by atoms with Crippen molar-refractivity contribution in [1.82, 2.24) is 14.9 Å². The van der Waals surface area contributed by atoms with Crippen LogP contribution >= 0.6 is 0 Å². The highest BCUT2D eigenvalue weighted by Crippen LogP contribution is 2.30. The Morgan fingerprint density at radius 1 is 1.27 bits per heavy atom. The number of halogens is 3. The molecule has 1 aromatic carbocycles. The van der Waals surface area contributed by atoms with Gasteiger partial charge in [-0.2, -0.15) is 18.4 Å². The number of nitrogens with zero attached hydrogens (tertiary/aromatic N) is 5. The molecule has 0 amide bonds. The second-order valence-corrected chi connectivity index (χ2v) is 6.36. The van der Waals surface area contributed by atoms with Gasteiger partial charge in [0.25, 0.3) is 0 Å². The molecule has 0 aliphatic carbocycles. The summed E-state index contributed by atoms with van der Waals surface area (Å²) in [4.78, 5) is 11.3. The molecule has 0 saturated carbocycles. The highest BCUT2D eigenvalue weighted by atomic mass is 19.4. The van der Waals surface area contributed by atoms with Crippen LogP contribution in [0.3, 0.4) is 0 Å². The van der Waals surface area contributed by atoms with E-state index in [-0.39, 0.29) is 11.9 Å². The SMILES string of the molecule is CN(c1cc(C(F)(F)F)ncn1)C1CCN(Cc2ccc(C#N)cc2)C1. The molecule has 1 fully saturated rings. The molecule has 1 saturated heterocycles. The van der Waals surface area contributed by atoms with Crippen LogP contribution in [-0.4, -0.2) is 41.0 Å². The second kappa shape index (κ2) is 7.30. The standard InChI is InChI=1S/C18H18F3N5/c1-25(17-8-16(18(19,20)21)23-12-24-17)15-6-7-26(11-15)10-14-4-2-13(9-22)3-5-14/h2-5,8,12,15H,6-7,10-11H2,1H3. The minimum Gasteiger partial charge on any atom is -0.355 e. The fraction of sp³-hybridized carbons (Fsp3) is 0.389.